The second-order valence-corrected chi connectivity index (χ2v) is 6.21. The molecule has 0 fully saturated rings. The number of fused-ring (bicyclic) bond motifs is 1. The van der Waals surface area contributed by atoms with Crippen LogP contribution in [0.5, 0.6) is 11.5 Å². The van der Waals surface area contributed by atoms with E-state index in [1.54, 1.807) is 7.11 Å². The van der Waals surface area contributed by atoms with Gasteiger partial charge in [-0.15, -0.1) is 0 Å². The van der Waals surface area contributed by atoms with Crippen LogP contribution in [-0.4, -0.2) is 18.4 Å². The summed E-state index contributed by atoms with van der Waals surface area (Å²) in [6.07, 6.45) is 0.716. The minimum atomic E-state index is 0.284. The van der Waals surface area contributed by atoms with Crippen molar-refractivity contribution in [2.75, 3.05) is 7.11 Å². The summed E-state index contributed by atoms with van der Waals surface area (Å²) in [6, 6.07) is 13.5. The van der Waals surface area contributed by atoms with Crippen LogP contribution < -0.4 is 9.47 Å². The molecule has 1 heterocycles. The Kier molecular flexibility index (Phi) is 4.81. The molecular formula is C19H16BrNO3. The average molecular weight is 386 g/mol. The Balaban J connectivity index is 1.94. The number of nitrogens with zero attached hydrogens (tertiary/aromatic N) is 1. The minimum absolute atomic E-state index is 0.284. The summed E-state index contributed by atoms with van der Waals surface area (Å²) in [5, 5.41) is 0.922. The molecule has 0 amide bonds. The third kappa shape index (κ3) is 3.26. The SMILES string of the molecule is COc1ccc(COc2c(C=O)nc3ccc(C)cc3c2Br)cc1. The normalized spacial score (nSPS) is 10.6. The third-order valence-electron chi connectivity index (χ3n) is 3.72. The van der Waals surface area contributed by atoms with E-state index in [1.165, 1.54) is 0 Å². The van der Waals surface area contributed by atoms with E-state index in [9.17, 15) is 4.79 Å². The molecule has 0 unspecified atom stereocenters. The molecule has 24 heavy (non-hydrogen) atoms. The summed E-state index contributed by atoms with van der Waals surface area (Å²) < 4.78 is 11.8. The van der Waals surface area contributed by atoms with Gasteiger partial charge in [0, 0.05) is 5.39 Å². The molecule has 3 rings (SSSR count). The van der Waals surface area contributed by atoms with E-state index >= 15 is 0 Å². The molecular weight excluding hydrogens is 370 g/mol. The number of hydrogen-bond donors (Lipinski definition) is 0. The first kappa shape index (κ1) is 16.5. The minimum Gasteiger partial charge on any atom is -0.497 e. The first-order valence-electron chi connectivity index (χ1n) is 7.43. The van der Waals surface area contributed by atoms with E-state index in [0.29, 0.717) is 18.6 Å². The Hall–Kier alpha value is -2.40. The molecule has 4 nitrogen and oxygen atoms in total. The largest absolute Gasteiger partial charge is 0.497 e. The molecule has 2 aromatic carbocycles. The first-order chi connectivity index (χ1) is 11.6. The van der Waals surface area contributed by atoms with E-state index in [0.717, 1.165) is 32.3 Å². The molecule has 0 saturated heterocycles. The molecule has 5 heteroatoms. The van der Waals surface area contributed by atoms with E-state index < -0.39 is 0 Å². The zero-order valence-electron chi connectivity index (χ0n) is 13.4. The van der Waals surface area contributed by atoms with Crippen molar-refractivity contribution in [1.82, 2.24) is 4.98 Å². The van der Waals surface area contributed by atoms with E-state index in [4.69, 9.17) is 9.47 Å². The van der Waals surface area contributed by atoms with Crippen LogP contribution in [0, 0.1) is 6.92 Å². The Bertz CT molecular complexity index is 891. The number of aldehydes is 1. The monoisotopic (exact) mass is 385 g/mol. The van der Waals surface area contributed by atoms with Crippen molar-refractivity contribution >= 4 is 33.1 Å². The highest BCUT2D eigenvalue weighted by Crippen LogP contribution is 2.35. The number of ether oxygens (including phenoxy) is 2. The molecule has 122 valence electrons. The number of carbonyl (C=O) groups is 1. The van der Waals surface area contributed by atoms with Crippen LogP contribution in [0.2, 0.25) is 0 Å². The fourth-order valence-electron chi connectivity index (χ4n) is 2.43. The van der Waals surface area contributed by atoms with Crippen LogP contribution in [0.4, 0.5) is 0 Å². The van der Waals surface area contributed by atoms with Crippen molar-refractivity contribution in [1.29, 1.82) is 0 Å². The summed E-state index contributed by atoms with van der Waals surface area (Å²) in [4.78, 5) is 15.8. The van der Waals surface area contributed by atoms with Gasteiger partial charge in [0.15, 0.2) is 12.0 Å². The fraction of sp³-hybridized carbons (Fsp3) is 0.158. The van der Waals surface area contributed by atoms with Crippen molar-refractivity contribution in [2.24, 2.45) is 0 Å². The Morgan fingerprint density at radius 1 is 1.17 bits per heavy atom. The average Bonchev–Trinajstić information content (AvgIpc) is 2.61. The number of benzene rings is 2. The number of aromatic nitrogens is 1. The van der Waals surface area contributed by atoms with Gasteiger partial charge in [0.25, 0.3) is 0 Å². The number of hydrogen-bond acceptors (Lipinski definition) is 4. The standard InChI is InChI=1S/C19H16BrNO3/c1-12-3-8-16-15(9-12)18(20)19(17(10-22)21-16)24-11-13-4-6-14(23-2)7-5-13/h3-10H,11H2,1-2H3. The van der Waals surface area contributed by atoms with Crippen LogP contribution in [-0.2, 0) is 6.61 Å². The summed E-state index contributed by atoms with van der Waals surface area (Å²) in [5.41, 5.74) is 3.13. The lowest BCUT2D eigenvalue weighted by Gasteiger charge is -2.13. The molecule has 3 aromatic rings. The highest BCUT2D eigenvalue weighted by Gasteiger charge is 2.15. The second-order valence-electron chi connectivity index (χ2n) is 5.42. The van der Waals surface area contributed by atoms with Gasteiger partial charge in [0.1, 0.15) is 18.1 Å². The topological polar surface area (TPSA) is 48.4 Å². The lowest BCUT2D eigenvalue weighted by atomic mass is 10.1. The molecule has 0 aliphatic rings. The predicted molar refractivity (Wildman–Crippen MR) is 96.9 cm³/mol. The van der Waals surface area contributed by atoms with Crippen molar-refractivity contribution in [3.8, 4) is 11.5 Å². The highest BCUT2D eigenvalue weighted by atomic mass is 79.9. The van der Waals surface area contributed by atoms with Gasteiger partial charge in [-0.05, 0) is 52.7 Å². The molecule has 1 aromatic heterocycles. The zero-order valence-corrected chi connectivity index (χ0v) is 15.0. The lowest BCUT2D eigenvalue weighted by molar-refractivity contribution is 0.111. The van der Waals surface area contributed by atoms with Crippen molar-refractivity contribution in [3.05, 3.63) is 63.8 Å². The number of methoxy groups -OCH3 is 1. The summed E-state index contributed by atoms with van der Waals surface area (Å²) in [7, 11) is 1.63. The van der Waals surface area contributed by atoms with Gasteiger partial charge in [-0.1, -0.05) is 23.8 Å². The number of halogens is 1. The lowest BCUT2D eigenvalue weighted by Crippen LogP contribution is -2.02. The van der Waals surface area contributed by atoms with E-state index in [-0.39, 0.29) is 5.69 Å². The van der Waals surface area contributed by atoms with Gasteiger partial charge >= 0.3 is 0 Å². The van der Waals surface area contributed by atoms with Crippen molar-refractivity contribution in [3.63, 3.8) is 0 Å². The maximum atomic E-state index is 11.4. The first-order valence-corrected chi connectivity index (χ1v) is 8.22. The van der Waals surface area contributed by atoms with Crippen LogP contribution >= 0.6 is 15.9 Å². The quantitative estimate of drug-likeness (QED) is 0.596. The van der Waals surface area contributed by atoms with Gasteiger partial charge < -0.3 is 9.47 Å². The molecule has 0 aliphatic heterocycles. The number of pyridine rings is 1. The van der Waals surface area contributed by atoms with Gasteiger partial charge in [0.2, 0.25) is 0 Å². The molecule has 0 saturated carbocycles. The summed E-state index contributed by atoms with van der Waals surface area (Å²) >= 11 is 3.56. The van der Waals surface area contributed by atoms with Crippen LogP contribution in [0.1, 0.15) is 21.6 Å². The molecule has 0 atom stereocenters. The number of carbonyl (C=O) groups excluding carboxylic acids is 1. The number of rotatable bonds is 5. The van der Waals surface area contributed by atoms with Crippen LogP contribution in [0.3, 0.4) is 0 Å². The molecule has 0 aliphatic carbocycles. The zero-order chi connectivity index (χ0) is 17.1. The molecule has 0 spiro atoms. The summed E-state index contributed by atoms with van der Waals surface area (Å²) in [5.74, 6) is 1.25. The fourth-order valence-corrected chi connectivity index (χ4v) is 3.07. The molecule has 0 bridgehead atoms. The Morgan fingerprint density at radius 2 is 1.92 bits per heavy atom. The predicted octanol–water partition coefficient (Wildman–Crippen LogP) is 4.71. The van der Waals surface area contributed by atoms with Crippen molar-refractivity contribution in [2.45, 2.75) is 13.5 Å². The van der Waals surface area contributed by atoms with Crippen LogP contribution in [0.25, 0.3) is 10.9 Å². The van der Waals surface area contributed by atoms with Gasteiger partial charge in [-0.25, -0.2) is 4.98 Å². The maximum Gasteiger partial charge on any atom is 0.172 e. The van der Waals surface area contributed by atoms with Gasteiger partial charge in [-0.2, -0.15) is 0 Å². The highest BCUT2D eigenvalue weighted by molar-refractivity contribution is 9.10. The van der Waals surface area contributed by atoms with Gasteiger partial charge in [0.05, 0.1) is 17.1 Å². The Labute approximate surface area is 148 Å². The molecule has 0 radical (unpaired) electrons. The van der Waals surface area contributed by atoms with Crippen LogP contribution in [0.15, 0.2) is 46.9 Å². The van der Waals surface area contributed by atoms with Crippen molar-refractivity contribution < 1.29 is 14.3 Å². The van der Waals surface area contributed by atoms with E-state index in [2.05, 4.69) is 20.9 Å². The maximum absolute atomic E-state index is 11.4. The third-order valence-corrected chi connectivity index (χ3v) is 4.50. The van der Waals surface area contributed by atoms with E-state index in [1.807, 2.05) is 49.4 Å². The molecule has 0 N–H and O–H groups in total. The summed E-state index contributed by atoms with van der Waals surface area (Å²) in [6.45, 7) is 2.35. The smallest absolute Gasteiger partial charge is 0.172 e. The Morgan fingerprint density at radius 3 is 2.58 bits per heavy atom. The second kappa shape index (κ2) is 7.01. The number of aryl methyl sites for hydroxylation is 1. The van der Waals surface area contributed by atoms with Gasteiger partial charge in [-0.3, -0.25) is 4.79 Å².